The predicted molar refractivity (Wildman–Crippen MR) is 182 cm³/mol. The maximum atomic E-state index is 14.2. The molecule has 1 N–H and O–H groups in total. The first-order chi connectivity index (χ1) is 22.2. The van der Waals surface area contributed by atoms with Crippen LogP contribution in [0.1, 0.15) is 78.7 Å². The van der Waals surface area contributed by atoms with E-state index in [4.69, 9.17) is 9.47 Å². The summed E-state index contributed by atoms with van der Waals surface area (Å²) in [6.07, 6.45) is 5.57. The minimum atomic E-state index is -3.75. The molecule has 4 aromatic rings. The predicted octanol–water partition coefficient (Wildman–Crippen LogP) is 7.51. The van der Waals surface area contributed by atoms with Crippen molar-refractivity contribution in [3.8, 4) is 21.9 Å². The lowest BCUT2D eigenvalue weighted by molar-refractivity contribution is 0.0505. The highest BCUT2D eigenvalue weighted by Crippen LogP contribution is 2.45. The number of unbranched alkanes of at least 4 members (excludes halogenated alkanes) is 1. The van der Waals surface area contributed by atoms with Crippen LogP contribution in [-0.2, 0) is 14.6 Å². The van der Waals surface area contributed by atoms with Gasteiger partial charge in [-0.25, -0.2) is 13.2 Å². The van der Waals surface area contributed by atoms with Gasteiger partial charge in [0.05, 0.1) is 22.8 Å². The minimum absolute atomic E-state index is 0.0889. The number of carbonyl (C=O) groups excluding carboxylic acids is 2. The number of phenolic OH excluding ortho intramolecular Hbond substituents is 1. The summed E-state index contributed by atoms with van der Waals surface area (Å²) in [5, 5.41) is 11.9. The molecule has 0 radical (unpaired) electrons. The monoisotopic (exact) mass is 663 g/mol. The molecule has 8 nitrogen and oxygen atoms in total. The van der Waals surface area contributed by atoms with Crippen molar-refractivity contribution in [2.24, 2.45) is 0 Å². The third-order valence-corrected chi connectivity index (χ3v) is 11.2. The molecule has 3 aromatic carbocycles. The van der Waals surface area contributed by atoms with E-state index in [1.165, 1.54) is 36.7 Å². The van der Waals surface area contributed by atoms with Crippen LogP contribution in [0.3, 0.4) is 0 Å². The summed E-state index contributed by atoms with van der Waals surface area (Å²) in [6.45, 7) is 7.72. The Bertz CT molecular complexity index is 1790. The van der Waals surface area contributed by atoms with Crippen LogP contribution in [0.25, 0.3) is 20.5 Å². The number of likely N-dealkylation sites (tertiary alicyclic amines) is 1. The second-order valence-electron chi connectivity index (χ2n) is 11.6. The molecule has 244 valence electrons. The lowest BCUT2D eigenvalue weighted by atomic mass is 9.96. The third-order valence-electron chi connectivity index (χ3n) is 8.18. The molecule has 1 aliphatic rings. The summed E-state index contributed by atoms with van der Waals surface area (Å²) in [5.41, 5.74) is 1.33. The molecule has 0 unspecified atom stereocenters. The molecule has 5 rings (SSSR count). The Morgan fingerprint density at radius 2 is 1.65 bits per heavy atom. The molecule has 0 aliphatic carbocycles. The van der Waals surface area contributed by atoms with Crippen molar-refractivity contribution in [2.75, 3.05) is 38.6 Å². The van der Waals surface area contributed by atoms with Gasteiger partial charge in [0.25, 0.3) is 0 Å². The maximum absolute atomic E-state index is 14.2. The number of para-hydroxylation sites is 1. The highest BCUT2D eigenvalue weighted by molar-refractivity contribution is 7.91. The number of hydrogen-bond acceptors (Lipinski definition) is 9. The van der Waals surface area contributed by atoms with Crippen LogP contribution in [-0.4, -0.2) is 68.8 Å². The van der Waals surface area contributed by atoms with Crippen LogP contribution in [0.15, 0.2) is 65.6 Å². The van der Waals surface area contributed by atoms with Gasteiger partial charge in [-0.15, -0.1) is 11.3 Å². The normalized spacial score (nSPS) is 14.0. The Morgan fingerprint density at radius 1 is 0.913 bits per heavy atom. The molecule has 1 saturated heterocycles. The molecule has 1 aliphatic heterocycles. The number of phenols is 1. The molecule has 0 spiro atoms. The zero-order valence-corrected chi connectivity index (χ0v) is 28.1. The van der Waals surface area contributed by atoms with Crippen LogP contribution in [0.4, 0.5) is 0 Å². The number of sulfone groups is 1. The second-order valence-corrected chi connectivity index (χ2v) is 14.7. The van der Waals surface area contributed by atoms with Gasteiger partial charge in [0, 0.05) is 33.3 Å². The Hall–Kier alpha value is -3.73. The van der Waals surface area contributed by atoms with Crippen molar-refractivity contribution in [2.45, 2.75) is 57.3 Å². The van der Waals surface area contributed by atoms with Gasteiger partial charge in [0.2, 0.25) is 0 Å². The summed E-state index contributed by atoms with van der Waals surface area (Å²) < 4.78 is 38.2. The van der Waals surface area contributed by atoms with E-state index in [9.17, 15) is 23.1 Å². The number of aromatic hydroxyl groups is 1. The van der Waals surface area contributed by atoms with Gasteiger partial charge in [-0.3, -0.25) is 9.69 Å². The van der Waals surface area contributed by atoms with E-state index in [1.807, 2.05) is 13.8 Å². The van der Waals surface area contributed by atoms with E-state index in [2.05, 4.69) is 4.90 Å². The second kappa shape index (κ2) is 15.2. The molecule has 1 fully saturated rings. The van der Waals surface area contributed by atoms with Crippen LogP contribution in [0.5, 0.6) is 11.5 Å². The van der Waals surface area contributed by atoms with E-state index >= 15 is 0 Å². The van der Waals surface area contributed by atoms with Crippen molar-refractivity contribution in [1.29, 1.82) is 0 Å². The summed E-state index contributed by atoms with van der Waals surface area (Å²) in [7, 11) is -3.75. The molecule has 2 heterocycles. The fourth-order valence-corrected chi connectivity index (χ4v) is 8.48. The van der Waals surface area contributed by atoms with Gasteiger partial charge in [-0.2, -0.15) is 0 Å². The van der Waals surface area contributed by atoms with Gasteiger partial charge in [-0.05, 0) is 87.3 Å². The van der Waals surface area contributed by atoms with Crippen molar-refractivity contribution in [3.05, 3.63) is 77.4 Å². The molecule has 1 aromatic heterocycles. The Morgan fingerprint density at radius 3 is 2.37 bits per heavy atom. The van der Waals surface area contributed by atoms with Crippen LogP contribution in [0.2, 0.25) is 0 Å². The topological polar surface area (TPSA) is 110 Å². The van der Waals surface area contributed by atoms with E-state index in [0.717, 1.165) is 19.6 Å². The van der Waals surface area contributed by atoms with Gasteiger partial charge in [0.15, 0.2) is 15.6 Å². The molecular formula is C36H41NO7S2. The number of ketones is 1. The number of carbonyl (C=O) groups is 2. The van der Waals surface area contributed by atoms with Crippen LogP contribution >= 0.6 is 11.3 Å². The number of thiophene rings is 1. The Balaban J connectivity index is 1.51. The molecule has 0 bridgehead atoms. The molecular weight excluding hydrogens is 623 g/mol. The van der Waals surface area contributed by atoms with Gasteiger partial charge in [-0.1, -0.05) is 38.8 Å². The number of esters is 1. The number of hydrogen-bond donors (Lipinski definition) is 1. The Labute approximate surface area is 274 Å². The molecule has 0 saturated carbocycles. The van der Waals surface area contributed by atoms with Crippen molar-refractivity contribution in [1.82, 2.24) is 4.90 Å². The van der Waals surface area contributed by atoms with E-state index < -0.39 is 15.8 Å². The first-order valence-corrected chi connectivity index (χ1v) is 18.5. The van der Waals surface area contributed by atoms with Crippen LogP contribution in [0, 0.1) is 0 Å². The summed E-state index contributed by atoms with van der Waals surface area (Å²) in [5.74, 6) is -0.564. The third kappa shape index (κ3) is 7.62. The summed E-state index contributed by atoms with van der Waals surface area (Å²) in [4.78, 5) is 29.5. The minimum Gasteiger partial charge on any atom is -0.506 e. The van der Waals surface area contributed by atoms with Gasteiger partial charge in [0.1, 0.15) is 23.0 Å². The van der Waals surface area contributed by atoms with Crippen LogP contribution < -0.4 is 4.74 Å². The highest BCUT2D eigenvalue weighted by Gasteiger charge is 2.27. The number of fused-ring (bicyclic) bond motifs is 1. The number of ether oxygens (including phenoxy) is 2. The largest absolute Gasteiger partial charge is 0.506 e. The molecule has 46 heavy (non-hydrogen) atoms. The lowest BCUT2D eigenvalue weighted by Crippen LogP contribution is -2.33. The fraction of sp³-hybridized carbons (Fsp3) is 0.389. The number of benzene rings is 3. The first-order valence-electron chi connectivity index (χ1n) is 16.0. The van der Waals surface area contributed by atoms with E-state index in [0.29, 0.717) is 69.9 Å². The van der Waals surface area contributed by atoms with Crippen molar-refractivity contribution >= 4 is 43.0 Å². The van der Waals surface area contributed by atoms with Crippen molar-refractivity contribution in [3.63, 3.8) is 0 Å². The zero-order valence-electron chi connectivity index (χ0n) is 26.4. The molecule has 10 heteroatoms. The highest BCUT2D eigenvalue weighted by atomic mass is 32.2. The quantitative estimate of drug-likeness (QED) is 0.109. The zero-order chi connectivity index (χ0) is 32.7. The average molecular weight is 664 g/mol. The number of rotatable bonds is 14. The lowest BCUT2D eigenvalue weighted by Gasteiger charge is -2.26. The van der Waals surface area contributed by atoms with Gasteiger partial charge >= 0.3 is 5.97 Å². The summed E-state index contributed by atoms with van der Waals surface area (Å²) in [6, 6.07) is 16.6. The Kier molecular flexibility index (Phi) is 11.1. The SMILES string of the molecule is CCCCS(=O)(=O)c1cccc(-c2sc3cc(C(=O)OCCC)ccc3c2C(=O)c2ccc(OCCN3CCCCC3)cc2)c1O. The summed E-state index contributed by atoms with van der Waals surface area (Å²) >= 11 is 1.22. The van der Waals surface area contributed by atoms with Gasteiger partial charge < -0.3 is 14.6 Å². The van der Waals surface area contributed by atoms with Crippen molar-refractivity contribution < 1.29 is 32.6 Å². The standard InChI is InChI=1S/C36H41NO7S2/c1-3-5-23-46(41,42)31-11-9-10-29(34(31)39)35-32(28-17-14-26(24-30(28)45-35)36(40)44-21-4-2)33(38)25-12-15-27(16-13-25)43-22-20-37-18-7-6-8-19-37/h9-17,24,39H,3-8,18-23H2,1-2H3. The molecule has 0 amide bonds. The number of piperidine rings is 1. The average Bonchev–Trinajstić information content (AvgIpc) is 3.45. The molecule has 0 atom stereocenters. The van der Waals surface area contributed by atoms with E-state index in [1.54, 1.807) is 54.6 Å². The fourth-order valence-electron chi connectivity index (χ4n) is 5.64. The maximum Gasteiger partial charge on any atom is 0.338 e. The smallest absolute Gasteiger partial charge is 0.338 e. The number of nitrogens with zero attached hydrogens (tertiary/aromatic N) is 1. The van der Waals surface area contributed by atoms with E-state index in [-0.39, 0.29) is 27.7 Å². The first kappa shape index (κ1) is 33.6.